The molecule has 0 aromatic heterocycles. The van der Waals surface area contributed by atoms with Gasteiger partial charge in [-0.15, -0.1) is 12.4 Å². The molecule has 0 bridgehead atoms. The van der Waals surface area contributed by atoms with Gasteiger partial charge in [0.1, 0.15) is 5.75 Å². The summed E-state index contributed by atoms with van der Waals surface area (Å²) >= 11 is 1.83. The Balaban J connectivity index is 0.00000225. The molecule has 28 heavy (non-hydrogen) atoms. The average molecular weight is 421 g/mol. The number of halogens is 1. The number of benzene rings is 2. The van der Waals surface area contributed by atoms with Crippen LogP contribution in [0.5, 0.6) is 5.75 Å². The van der Waals surface area contributed by atoms with Crippen LogP contribution in [0.1, 0.15) is 19.8 Å². The fourth-order valence-corrected chi connectivity index (χ4v) is 5.12. The van der Waals surface area contributed by atoms with Crippen LogP contribution in [-0.4, -0.2) is 49.4 Å². The fraction of sp³-hybridized carbons (Fsp3) is 0.455. The van der Waals surface area contributed by atoms with Crippen molar-refractivity contribution in [2.45, 2.75) is 35.7 Å². The van der Waals surface area contributed by atoms with Gasteiger partial charge < -0.3 is 19.6 Å². The topological polar surface area (TPSA) is 35.9 Å². The number of fused-ring (bicyclic) bond motifs is 2. The smallest absolute Gasteiger partial charge is 0.121 e. The lowest BCUT2D eigenvalue weighted by Crippen LogP contribution is -2.40. The molecule has 0 amide bonds. The standard InChI is InChI=1S/C22H28N2O2S.ClH/c1-16(14-23-11-9-17(25)10-12-23)15-24-19-5-3-4-6-21(19)27-22-8-7-18(26-2)13-20(22)24;/h3-8,13,16-17,25H,9-12,14-15H2,1-2H3;1H. The highest BCUT2D eigenvalue weighted by atomic mass is 35.5. The quantitative estimate of drug-likeness (QED) is 0.750. The molecule has 2 heterocycles. The Morgan fingerprint density at radius 1 is 1.07 bits per heavy atom. The Labute approximate surface area is 178 Å². The summed E-state index contributed by atoms with van der Waals surface area (Å²) in [6, 6.07) is 15.0. The number of aliphatic hydroxyl groups is 1. The second kappa shape index (κ2) is 9.40. The van der Waals surface area contributed by atoms with Gasteiger partial charge in [-0.3, -0.25) is 0 Å². The molecule has 0 saturated carbocycles. The van der Waals surface area contributed by atoms with Crippen molar-refractivity contribution in [2.75, 3.05) is 38.2 Å². The number of rotatable bonds is 5. The lowest BCUT2D eigenvalue weighted by molar-refractivity contribution is 0.0765. The van der Waals surface area contributed by atoms with Crippen LogP contribution in [0, 0.1) is 5.92 Å². The molecule has 0 aliphatic carbocycles. The van der Waals surface area contributed by atoms with Crippen molar-refractivity contribution >= 4 is 35.5 Å². The zero-order valence-corrected chi connectivity index (χ0v) is 18.1. The molecule has 2 aliphatic heterocycles. The number of aliphatic hydroxyl groups excluding tert-OH is 1. The summed E-state index contributed by atoms with van der Waals surface area (Å²) in [7, 11) is 1.73. The zero-order chi connectivity index (χ0) is 18.8. The van der Waals surface area contributed by atoms with Gasteiger partial charge in [0.2, 0.25) is 0 Å². The lowest BCUT2D eigenvalue weighted by atomic mass is 10.0. The maximum absolute atomic E-state index is 9.74. The van der Waals surface area contributed by atoms with Crippen molar-refractivity contribution in [1.82, 2.24) is 4.90 Å². The van der Waals surface area contributed by atoms with Crippen LogP contribution in [-0.2, 0) is 0 Å². The van der Waals surface area contributed by atoms with Crippen LogP contribution in [0.3, 0.4) is 0 Å². The summed E-state index contributed by atoms with van der Waals surface area (Å²) in [5.41, 5.74) is 2.52. The van der Waals surface area contributed by atoms with Crippen LogP contribution >= 0.6 is 24.2 Å². The number of likely N-dealkylation sites (tertiary alicyclic amines) is 1. The highest BCUT2D eigenvalue weighted by molar-refractivity contribution is 7.99. The molecular formula is C22H29ClN2O2S. The SMILES string of the molecule is COc1ccc2c(c1)N(CC(C)CN1CCC(O)CC1)c1ccccc1S2.Cl. The summed E-state index contributed by atoms with van der Waals surface area (Å²) in [6.07, 6.45) is 1.69. The third-order valence-electron chi connectivity index (χ3n) is 5.45. The maximum atomic E-state index is 9.74. The monoisotopic (exact) mass is 420 g/mol. The second-order valence-corrected chi connectivity index (χ2v) is 8.73. The van der Waals surface area contributed by atoms with Gasteiger partial charge in [0.05, 0.1) is 24.6 Å². The molecule has 4 rings (SSSR count). The van der Waals surface area contributed by atoms with Crippen molar-refractivity contribution in [2.24, 2.45) is 5.92 Å². The first-order valence-corrected chi connectivity index (χ1v) is 10.6. The summed E-state index contributed by atoms with van der Waals surface area (Å²) in [4.78, 5) is 7.54. The molecule has 1 unspecified atom stereocenters. The van der Waals surface area contributed by atoms with Crippen LogP contribution in [0.4, 0.5) is 11.4 Å². The maximum Gasteiger partial charge on any atom is 0.121 e. The van der Waals surface area contributed by atoms with Gasteiger partial charge in [-0.2, -0.15) is 0 Å². The van der Waals surface area contributed by atoms with E-state index in [4.69, 9.17) is 4.74 Å². The molecule has 1 N–H and O–H groups in total. The Kier molecular flexibility index (Phi) is 7.15. The number of nitrogens with zero attached hydrogens (tertiary/aromatic N) is 2. The molecule has 1 atom stereocenters. The third kappa shape index (κ3) is 4.60. The minimum absolute atomic E-state index is 0. The number of ether oxygens (including phenoxy) is 1. The molecule has 2 aliphatic rings. The fourth-order valence-electron chi connectivity index (χ4n) is 4.04. The highest BCUT2D eigenvalue weighted by Crippen LogP contribution is 2.49. The molecule has 1 saturated heterocycles. The number of anilines is 2. The molecule has 0 radical (unpaired) electrons. The van der Waals surface area contributed by atoms with E-state index in [-0.39, 0.29) is 18.5 Å². The van der Waals surface area contributed by atoms with Gasteiger partial charge in [0.25, 0.3) is 0 Å². The van der Waals surface area contributed by atoms with E-state index in [1.807, 2.05) is 17.8 Å². The van der Waals surface area contributed by atoms with E-state index in [1.165, 1.54) is 21.2 Å². The van der Waals surface area contributed by atoms with Gasteiger partial charge in [-0.25, -0.2) is 0 Å². The number of piperidine rings is 1. The Morgan fingerprint density at radius 2 is 1.79 bits per heavy atom. The molecule has 2 aromatic carbocycles. The van der Waals surface area contributed by atoms with Crippen LogP contribution < -0.4 is 9.64 Å². The van der Waals surface area contributed by atoms with Crippen LogP contribution in [0.2, 0.25) is 0 Å². The van der Waals surface area contributed by atoms with Crippen molar-refractivity contribution < 1.29 is 9.84 Å². The van der Waals surface area contributed by atoms with E-state index in [2.05, 4.69) is 53.1 Å². The van der Waals surface area contributed by atoms with Crippen molar-refractivity contribution in [3.63, 3.8) is 0 Å². The van der Waals surface area contributed by atoms with Crippen molar-refractivity contribution in [3.05, 3.63) is 42.5 Å². The van der Waals surface area contributed by atoms with Crippen LogP contribution in [0.15, 0.2) is 52.3 Å². The number of para-hydroxylation sites is 1. The molecular weight excluding hydrogens is 392 g/mol. The number of hydrogen-bond donors (Lipinski definition) is 1. The second-order valence-electron chi connectivity index (χ2n) is 7.65. The largest absolute Gasteiger partial charge is 0.497 e. The summed E-state index contributed by atoms with van der Waals surface area (Å²) in [5.74, 6) is 1.42. The summed E-state index contributed by atoms with van der Waals surface area (Å²) < 4.78 is 5.49. The van der Waals surface area contributed by atoms with Gasteiger partial charge in [-0.1, -0.05) is 30.8 Å². The first-order chi connectivity index (χ1) is 13.1. The van der Waals surface area contributed by atoms with Gasteiger partial charge in [0.15, 0.2) is 0 Å². The minimum Gasteiger partial charge on any atom is -0.497 e. The normalized spacial score (nSPS) is 18.0. The minimum atomic E-state index is -0.109. The Bertz CT molecular complexity index is 796. The van der Waals surface area contributed by atoms with E-state index in [0.717, 1.165) is 44.8 Å². The van der Waals surface area contributed by atoms with E-state index in [0.29, 0.717) is 5.92 Å². The first-order valence-electron chi connectivity index (χ1n) is 9.77. The van der Waals surface area contributed by atoms with Gasteiger partial charge >= 0.3 is 0 Å². The first kappa shape index (κ1) is 21.3. The predicted molar refractivity (Wildman–Crippen MR) is 119 cm³/mol. The van der Waals surface area contributed by atoms with Crippen molar-refractivity contribution in [1.29, 1.82) is 0 Å². The summed E-state index contributed by atoms with van der Waals surface area (Å²) in [6.45, 7) is 6.37. The predicted octanol–water partition coefficient (Wildman–Crippen LogP) is 4.81. The lowest BCUT2D eigenvalue weighted by Gasteiger charge is -2.37. The Hall–Kier alpha value is -1.40. The van der Waals surface area contributed by atoms with Crippen LogP contribution in [0.25, 0.3) is 0 Å². The average Bonchev–Trinajstić information content (AvgIpc) is 2.69. The number of hydrogen-bond acceptors (Lipinski definition) is 5. The highest BCUT2D eigenvalue weighted by Gasteiger charge is 2.26. The molecule has 4 nitrogen and oxygen atoms in total. The van der Waals surface area contributed by atoms with Crippen molar-refractivity contribution in [3.8, 4) is 5.75 Å². The Morgan fingerprint density at radius 3 is 2.54 bits per heavy atom. The van der Waals surface area contributed by atoms with Gasteiger partial charge in [0, 0.05) is 42.0 Å². The van der Waals surface area contributed by atoms with Gasteiger partial charge in [-0.05, 0) is 43.0 Å². The van der Waals surface area contributed by atoms with E-state index >= 15 is 0 Å². The summed E-state index contributed by atoms with van der Waals surface area (Å²) in [5, 5.41) is 9.74. The zero-order valence-electron chi connectivity index (χ0n) is 16.5. The molecule has 2 aromatic rings. The molecule has 0 spiro atoms. The molecule has 1 fully saturated rings. The molecule has 6 heteroatoms. The van der Waals surface area contributed by atoms with E-state index < -0.39 is 0 Å². The molecule has 152 valence electrons. The van der Waals surface area contributed by atoms with E-state index in [9.17, 15) is 5.11 Å². The number of methoxy groups -OCH3 is 1. The van der Waals surface area contributed by atoms with E-state index in [1.54, 1.807) is 7.11 Å². The third-order valence-corrected chi connectivity index (χ3v) is 6.58.